The number of para-hydroxylation sites is 2. The maximum Gasteiger partial charge on any atom is 0.407 e. The number of carbonyl (C=O) groups is 3. The van der Waals surface area contributed by atoms with Crippen molar-refractivity contribution in [1.82, 2.24) is 15.3 Å². The second-order valence-corrected chi connectivity index (χ2v) is 10.7. The minimum absolute atomic E-state index is 0.138. The minimum atomic E-state index is -0.822. The maximum absolute atomic E-state index is 14.2. The van der Waals surface area contributed by atoms with Crippen LogP contribution in [0.15, 0.2) is 61.3 Å². The van der Waals surface area contributed by atoms with Crippen molar-refractivity contribution in [3.63, 3.8) is 0 Å². The number of nitrogens with one attached hydrogen (secondary N) is 4. The summed E-state index contributed by atoms with van der Waals surface area (Å²) in [4.78, 5) is 46.2. The van der Waals surface area contributed by atoms with Gasteiger partial charge in [0.25, 0.3) is 0 Å². The number of anilines is 6. The van der Waals surface area contributed by atoms with Gasteiger partial charge in [0.2, 0.25) is 17.8 Å². The summed E-state index contributed by atoms with van der Waals surface area (Å²) in [6.45, 7) is 9.96. The Bertz CT molecular complexity index is 1480. The van der Waals surface area contributed by atoms with Crippen molar-refractivity contribution >= 4 is 64.0 Å². The van der Waals surface area contributed by atoms with Gasteiger partial charge in [0.15, 0.2) is 5.82 Å². The third-order valence-corrected chi connectivity index (χ3v) is 6.04. The molecule has 0 fully saturated rings. The maximum atomic E-state index is 14.2. The summed E-state index contributed by atoms with van der Waals surface area (Å²) >= 11 is 6.33. The molecule has 13 heteroatoms. The average molecular weight is 612 g/mol. The van der Waals surface area contributed by atoms with Gasteiger partial charge >= 0.3 is 6.09 Å². The number of aromatic nitrogens is 2. The highest BCUT2D eigenvalue weighted by molar-refractivity contribution is 6.33. The Kier molecular flexibility index (Phi) is 11.4. The number of amides is 3. The van der Waals surface area contributed by atoms with Gasteiger partial charge in [-0.05, 0) is 63.6 Å². The molecule has 1 aromatic heterocycles. The second kappa shape index (κ2) is 15.0. The van der Waals surface area contributed by atoms with Gasteiger partial charge in [0.05, 0.1) is 17.6 Å². The molecule has 0 radical (unpaired) electrons. The lowest BCUT2D eigenvalue weighted by Gasteiger charge is -2.23. The number of rotatable bonds is 12. The molecule has 3 aromatic rings. The first-order chi connectivity index (χ1) is 20.4. The van der Waals surface area contributed by atoms with Crippen LogP contribution in [-0.2, 0) is 21.0 Å². The number of alkyl carbamates (subject to hydrolysis) is 1. The predicted molar refractivity (Wildman–Crippen MR) is 167 cm³/mol. The van der Waals surface area contributed by atoms with E-state index in [9.17, 15) is 18.8 Å². The number of hydrogen-bond donors (Lipinski definition) is 4. The summed E-state index contributed by atoms with van der Waals surface area (Å²) in [7, 11) is 0. The largest absolute Gasteiger partial charge is 0.444 e. The van der Waals surface area contributed by atoms with E-state index in [-0.39, 0.29) is 34.2 Å². The molecular formula is C30H35ClFN7O4. The lowest BCUT2D eigenvalue weighted by atomic mass is 10.1. The Balaban J connectivity index is 1.73. The van der Waals surface area contributed by atoms with Crippen molar-refractivity contribution in [2.75, 3.05) is 33.9 Å². The summed E-state index contributed by atoms with van der Waals surface area (Å²) in [5.74, 6) is -0.225. The van der Waals surface area contributed by atoms with Gasteiger partial charge in [-0.15, -0.1) is 0 Å². The van der Waals surface area contributed by atoms with E-state index in [4.69, 9.17) is 16.3 Å². The van der Waals surface area contributed by atoms with Crippen molar-refractivity contribution < 1.29 is 23.5 Å². The third-order valence-electron chi connectivity index (χ3n) is 5.77. The zero-order valence-corrected chi connectivity index (χ0v) is 25.2. The normalized spacial score (nSPS) is 10.8. The average Bonchev–Trinajstić information content (AvgIpc) is 2.95. The standard InChI is InChI=1S/C30H35ClFN7O4/c1-6-26(41)35-24-10-7-8-11-25(24)36-27-22(31)18-34-28(38-27)37-23-13-12-21(16-20(23)17-32)39(19(2)40)15-9-14-33-29(42)43-30(3,4)5/h6-8,10-13,16,18H,1,9,14-15,17H2,2-5H3,(H,33,42)(H,35,41)(H2,34,36,37,38). The topological polar surface area (TPSA) is 138 Å². The van der Waals surface area contributed by atoms with Crippen LogP contribution in [0.2, 0.25) is 5.02 Å². The van der Waals surface area contributed by atoms with Crippen molar-refractivity contribution in [2.24, 2.45) is 0 Å². The summed E-state index contributed by atoms with van der Waals surface area (Å²) in [6.07, 6.45) is 2.46. The van der Waals surface area contributed by atoms with E-state index < -0.39 is 18.4 Å². The summed E-state index contributed by atoms with van der Waals surface area (Å²) in [6, 6.07) is 11.8. The Labute approximate surface area is 254 Å². The van der Waals surface area contributed by atoms with E-state index in [0.29, 0.717) is 42.3 Å². The molecule has 0 saturated carbocycles. The summed E-state index contributed by atoms with van der Waals surface area (Å²) in [5, 5.41) is 11.7. The van der Waals surface area contributed by atoms with Crippen molar-refractivity contribution in [2.45, 2.75) is 46.4 Å². The molecule has 0 aliphatic carbocycles. The molecule has 0 spiro atoms. The Morgan fingerprint density at radius 3 is 2.47 bits per heavy atom. The molecule has 2 aromatic carbocycles. The van der Waals surface area contributed by atoms with Gasteiger partial charge in [-0.25, -0.2) is 14.2 Å². The fourth-order valence-electron chi connectivity index (χ4n) is 3.84. The lowest BCUT2D eigenvalue weighted by Crippen LogP contribution is -2.35. The molecular weight excluding hydrogens is 577 g/mol. The number of benzene rings is 2. The zero-order chi connectivity index (χ0) is 31.6. The molecule has 0 aliphatic heterocycles. The number of carbonyl (C=O) groups excluding carboxylic acids is 3. The second-order valence-electron chi connectivity index (χ2n) is 10.3. The highest BCUT2D eigenvalue weighted by Crippen LogP contribution is 2.31. The molecule has 0 aliphatic rings. The van der Waals surface area contributed by atoms with Crippen LogP contribution in [0.1, 0.15) is 39.7 Å². The molecule has 0 atom stereocenters. The van der Waals surface area contributed by atoms with Crippen LogP contribution in [-0.4, -0.2) is 46.6 Å². The molecule has 11 nitrogen and oxygen atoms in total. The van der Waals surface area contributed by atoms with Crippen LogP contribution in [0.3, 0.4) is 0 Å². The van der Waals surface area contributed by atoms with Crippen molar-refractivity contribution in [1.29, 1.82) is 0 Å². The fraction of sp³-hybridized carbons (Fsp3) is 0.300. The molecule has 0 bridgehead atoms. The highest BCUT2D eigenvalue weighted by atomic mass is 35.5. The molecule has 4 N–H and O–H groups in total. The highest BCUT2D eigenvalue weighted by Gasteiger charge is 2.18. The van der Waals surface area contributed by atoms with Gasteiger partial charge in [-0.1, -0.05) is 30.3 Å². The van der Waals surface area contributed by atoms with E-state index in [2.05, 4.69) is 37.8 Å². The van der Waals surface area contributed by atoms with Gasteiger partial charge in [0.1, 0.15) is 17.3 Å². The SMILES string of the molecule is C=CC(=O)Nc1ccccc1Nc1nc(Nc2ccc(N(CCCNC(=O)OC(C)(C)C)C(C)=O)cc2CF)ncc1Cl. The zero-order valence-electron chi connectivity index (χ0n) is 24.5. The van der Waals surface area contributed by atoms with Crippen molar-refractivity contribution in [3.05, 3.63) is 71.9 Å². The van der Waals surface area contributed by atoms with E-state index in [1.807, 2.05) is 0 Å². The monoisotopic (exact) mass is 611 g/mol. The molecule has 0 saturated heterocycles. The third kappa shape index (κ3) is 9.96. The van der Waals surface area contributed by atoms with E-state index in [0.717, 1.165) is 6.08 Å². The van der Waals surface area contributed by atoms with Crippen LogP contribution < -0.4 is 26.2 Å². The van der Waals surface area contributed by atoms with E-state index in [1.54, 1.807) is 63.2 Å². The van der Waals surface area contributed by atoms with Crippen molar-refractivity contribution in [3.8, 4) is 0 Å². The Hall–Kier alpha value is -4.71. The number of alkyl halides is 1. The molecule has 3 rings (SSSR count). The summed E-state index contributed by atoms with van der Waals surface area (Å²) in [5.41, 5.74) is 1.58. The quantitative estimate of drug-likeness (QED) is 0.135. The Morgan fingerprint density at radius 2 is 1.81 bits per heavy atom. The van der Waals surface area contributed by atoms with E-state index in [1.165, 1.54) is 18.0 Å². The van der Waals surface area contributed by atoms with Crippen LogP contribution >= 0.6 is 11.6 Å². The number of hydrogen-bond acceptors (Lipinski definition) is 8. The predicted octanol–water partition coefficient (Wildman–Crippen LogP) is 6.48. The first kappa shape index (κ1) is 32.8. The van der Waals surface area contributed by atoms with Gasteiger partial charge in [-0.3, -0.25) is 9.59 Å². The molecule has 43 heavy (non-hydrogen) atoms. The van der Waals surface area contributed by atoms with Crippen LogP contribution in [0.5, 0.6) is 0 Å². The van der Waals surface area contributed by atoms with E-state index >= 15 is 0 Å². The van der Waals surface area contributed by atoms with Crippen LogP contribution in [0.25, 0.3) is 0 Å². The first-order valence-corrected chi connectivity index (χ1v) is 13.8. The van der Waals surface area contributed by atoms with Gasteiger partial charge in [0, 0.05) is 37.0 Å². The number of halogens is 2. The number of nitrogens with zero attached hydrogens (tertiary/aromatic N) is 3. The van der Waals surface area contributed by atoms with Gasteiger partial charge < -0.3 is 30.9 Å². The summed E-state index contributed by atoms with van der Waals surface area (Å²) < 4.78 is 19.4. The Morgan fingerprint density at radius 1 is 1.09 bits per heavy atom. The van der Waals surface area contributed by atoms with Crippen LogP contribution in [0, 0.1) is 0 Å². The molecule has 1 heterocycles. The molecule has 3 amide bonds. The number of ether oxygens (including phenoxy) is 1. The molecule has 0 unspecified atom stereocenters. The molecule has 228 valence electrons. The minimum Gasteiger partial charge on any atom is -0.444 e. The fourth-order valence-corrected chi connectivity index (χ4v) is 3.98. The first-order valence-electron chi connectivity index (χ1n) is 13.4. The van der Waals surface area contributed by atoms with Crippen LogP contribution in [0.4, 0.5) is 43.7 Å². The van der Waals surface area contributed by atoms with Gasteiger partial charge in [-0.2, -0.15) is 4.98 Å². The smallest absolute Gasteiger partial charge is 0.407 e. The lowest BCUT2D eigenvalue weighted by molar-refractivity contribution is -0.116.